The molecule has 132 valence electrons. The standard InChI is InChI=1S/C18H34N4O/c1-15-3-4-16(2)22(15)12-9-20-7-10-21(11-8-20)18(23)14-19-13-17-5-6-17/h15-17,19H,3-14H2,1-2H3. The van der Waals surface area contributed by atoms with Crippen LogP contribution in [0.3, 0.4) is 0 Å². The predicted molar refractivity (Wildman–Crippen MR) is 93.5 cm³/mol. The first-order valence-electron chi connectivity index (χ1n) is 9.60. The molecular weight excluding hydrogens is 288 g/mol. The van der Waals surface area contributed by atoms with Crippen molar-refractivity contribution in [2.24, 2.45) is 5.92 Å². The lowest BCUT2D eigenvalue weighted by Gasteiger charge is -2.36. The quantitative estimate of drug-likeness (QED) is 0.759. The Hall–Kier alpha value is -0.650. The minimum atomic E-state index is 0.284. The van der Waals surface area contributed by atoms with Crippen LogP contribution in [-0.4, -0.2) is 85.0 Å². The zero-order valence-corrected chi connectivity index (χ0v) is 15.0. The summed E-state index contributed by atoms with van der Waals surface area (Å²) in [6.45, 7) is 12.5. The highest BCUT2D eigenvalue weighted by Gasteiger charge is 2.28. The molecule has 2 atom stereocenters. The molecule has 1 N–H and O–H groups in total. The average molecular weight is 322 g/mol. The number of rotatable bonds is 7. The number of likely N-dealkylation sites (tertiary alicyclic amines) is 1. The Labute approximate surface area is 141 Å². The molecule has 2 aliphatic heterocycles. The van der Waals surface area contributed by atoms with E-state index in [0.29, 0.717) is 6.54 Å². The maximum atomic E-state index is 12.2. The molecule has 1 saturated carbocycles. The van der Waals surface area contributed by atoms with Gasteiger partial charge in [-0.3, -0.25) is 14.6 Å². The van der Waals surface area contributed by atoms with E-state index in [-0.39, 0.29) is 5.91 Å². The van der Waals surface area contributed by atoms with Gasteiger partial charge < -0.3 is 10.2 Å². The summed E-state index contributed by atoms with van der Waals surface area (Å²) in [7, 11) is 0. The second kappa shape index (κ2) is 7.95. The molecule has 0 aromatic heterocycles. The Morgan fingerprint density at radius 2 is 1.61 bits per heavy atom. The van der Waals surface area contributed by atoms with E-state index in [1.807, 2.05) is 4.90 Å². The van der Waals surface area contributed by atoms with Gasteiger partial charge in [-0.15, -0.1) is 0 Å². The summed E-state index contributed by atoms with van der Waals surface area (Å²) in [4.78, 5) is 19.4. The number of nitrogens with one attached hydrogen (secondary N) is 1. The number of piperazine rings is 1. The van der Waals surface area contributed by atoms with Crippen LogP contribution in [0.4, 0.5) is 0 Å². The van der Waals surface area contributed by atoms with Crippen LogP contribution in [0.15, 0.2) is 0 Å². The molecule has 3 rings (SSSR count). The summed E-state index contributed by atoms with van der Waals surface area (Å²) in [5.74, 6) is 1.13. The highest BCUT2D eigenvalue weighted by molar-refractivity contribution is 5.78. The normalized spacial score (nSPS) is 30.1. The highest BCUT2D eigenvalue weighted by Crippen LogP contribution is 2.27. The molecule has 0 radical (unpaired) electrons. The van der Waals surface area contributed by atoms with Crippen LogP contribution in [0.1, 0.15) is 39.5 Å². The third-order valence-corrected chi connectivity index (χ3v) is 5.94. The van der Waals surface area contributed by atoms with Crippen molar-refractivity contribution in [3.8, 4) is 0 Å². The van der Waals surface area contributed by atoms with Crippen LogP contribution in [0.25, 0.3) is 0 Å². The van der Waals surface area contributed by atoms with Crippen molar-refractivity contribution in [1.82, 2.24) is 20.0 Å². The molecule has 1 aliphatic carbocycles. The second-order valence-corrected chi connectivity index (χ2v) is 7.81. The number of carbonyl (C=O) groups is 1. The van der Waals surface area contributed by atoms with Crippen LogP contribution in [0.5, 0.6) is 0 Å². The number of carbonyl (C=O) groups excluding carboxylic acids is 1. The minimum Gasteiger partial charge on any atom is -0.339 e. The summed E-state index contributed by atoms with van der Waals surface area (Å²) in [5.41, 5.74) is 0. The molecule has 2 unspecified atom stereocenters. The smallest absolute Gasteiger partial charge is 0.236 e. The van der Waals surface area contributed by atoms with Crippen LogP contribution >= 0.6 is 0 Å². The molecule has 0 aromatic carbocycles. The monoisotopic (exact) mass is 322 g/mol. The van der Waals surface area contributed by atoms with Gasteiger partial charge in [0.15, 0.2) is 0 Å². The molecule has 23 heavy (non-hydrogen) atoms. The number of amides is 1. The number of hydrogen-bond acceptors (Lipinski definition) is 4. The van der Waals surface area contributed by atoms with E-state index >= 15 is 0 Å². The summed E-state index contributed by atoms with van der Waals surface area (Å²) in [6.07, 6.45) is 5.37. The van der Waals surface area contributed by atoms with Gasteiger partial charge in [0, 0.05) is 51.4 Å². The first kappa shape index (κ1) is 17.2. The molecule has 5 heteroatoms. The Morgan fingerprint density at radius 1 is 0.957 bits per heavy atom. The van der Waals surface area contributed by atoms with E-state index in [9.17, 15) is 4.79 Å². The lowest BCUT2D eigenvalue weighted by molar-refractivity contribution is -0.132. The maximum absolute atomic E-state index is 12.2. The summed E-state index contributed by atoms with van der Waals surface area (Å²) >= 11 is 0. The van der Waals surface area contributed by atoms with E-state index in [1.54, 1.807) is 0 Å². The number of hydrogen-bond donors (Lipinski definition) is 1. The van der Waals surface area contributed by atoms with Gasteiger partial charge in [-0.25, -0.2) is 0 Å². The zero-order valence-electron chi connectivity index (χ0n) is 15.0. The van der Waals surface area contributed by atoms with Crippen molar-refractivity contribution in [2.75, 3.05) is 52.4 Å². The molecule has 3 fully saturated rings. The molecule has 3 aliphatic rings. The Bertz CT molecular complexity index is 380. The van der Waals surface area contributed by atoms with E-state index in [0.717, 1.165) is 57.3 Å². The molecule has 0 bridgehead atoms. The van der Waals surface area contributed by atoms with E-state index < -0.39 is 0 Å². The molecular formula is C18H34N4O. The topological polar surface area (TPSA) is 38.8 Å². The van der Waals surface area contributed by atoms with Crippen molar-refractivity contribution < 1.29 is 4.79 Å². The van der Waals surface area contributed by atoms with Gasteiger partial charge in [0.25, 0.3) is 0 Å². The summed E-state index contributed by atoms with van der Waals surface area (Å²) in [6, 6.07) is 1.48. The zero-order chi connectivity index (χ0) is 16.2. The van der Waals surface area contributed by atoms with Crippen LogP contribution in [0.2, 0.25) is 0 Å². The molecule has 2 saturated heterocycles. The molecule has 0 spiro atoms. The summed E-state index contributed by atoms with van der Waals surface area (Å²) in [5, 5.41) is 3.32. The minimum absolute atomic E-state index is 0.284. The fourth-order valence-corrected chi connectivity index (χ4v) is 3.98. The molecule has 0 aromatic rings. The first-order valence-corrected chi connectivity index (χ1v) is 9.60. The maximum Gasteiger partial charge on any atom is 0.236 e. The molecule has 2 heterocycles. The van der Waals surface area contributed by atoms with Crippen molar-refractivity contribution in [3.63, 3.8) is 0 Å². The summed E-state index contributed by atoms with van der Waals surface area (Å²) < 4.78 is 0. The highest BCUT2D eigenvalue weighted by atomic mass is 16.2. The fourth-order valence-electron chi connectivity index (χ4n) is 3.98. The predicted octanol–water partition coefficient (Wildman–Crippen LogP) is 1.00. The van der Waals surface area contributed by atoms with Gasteiger partial charge in [-0.1, -0.05) is 0 Å². The van der Waals surface area contributed by atoms with Gasteiger partial charge in [0.05, 0.1) is 6.54 Å². The first-order chi connectivity index (χ1) is 11.1. The third kappa shape index (κ3) is 4.91. The Kier molecular flexibility index (Phi) is 5.94. The van der Waals surface area contributed by atoms with E-state index in [4.69, 9.17) is 0 Å². The lowest BCUT2D eigenvalue weighted by Crippen LogP contribution is -2.52. The van der Waals surface area contributed by atoms with Crippen LogP contribution in [0, 0.1) is 5.92 Å². The SMILES string of the molecule is CC1CCC(C)N1CCN1CCN(C(=O)CNCC2CC2)CC1. The number of nitrogens with zero attached hydrogens (tertiary/aromatic N) is 3. The third-order valence-electron chi connectivity index (χ3n) is 5.94. The Balaban J connectivity index is 1.30. The van der Waals surface area contributed by atoms with Gasteiger partial charge in [0.2, 0.25) is 5.91 Å². The van der Waals surface area contributed by atoms with Crippen molar-refractivity contribution in [3.05, 3.63) is 0 Å². The largest absolute Gasteiger partial charge is 0.339 e. The Morgan fingerprint density at radius 3 is 2.22 bits per heavy atom. The average Bonchev–Trinajstić information content (AvgIpc) is 3.32. The van der Waals surface area contributed by atoms with Crippen LogP contribution < -0.4 is 5.32 Å². The fraction of sp³-hybridized carbons (Fsp3) is 0.944. The molecule has 5 nitrogen and oxygen atoms in total. The lowest BCUT2D eigenvalue weighted by atomic mass is 10.2. The van der Waals surface area contributed by atoms with E-state index in [1.165, 1.54) is 32.2 Å². The van der Waals surface area contributed by atoms with Gasteiger partial charge in [-0.05, 0) is 52.0 Å². The second-order valence-electron chi connectivity index (χ2n) is 7.81. The van der Waals surface area contributed by atoms with E-state index in [2.05, 4.69) is 29.0 Å². The van der Waals surface area contributed by atoms with Crippen molar-refractivity contribution in [2.45, 2.75) is 51.6 Å². The van der Waals surface area contributed by atoms with Gasteiger partial charge in [0.1, 0.15) is 0 Å². The van der Waals surface area contributed by atoms with Crippen molar-refractivity contribution >= 4 is 5.91 Å². The van der Waals surface area contributed by atoms with Gasteiger partial charge >= 0.3 is 0 Å². The van der Waals surface area contributed by atoms with Gasteiger partial charge in [-0.2, -0.15) is 0 Å². The van der Waals surface area contributed by atoms with Crippen molar-refractivity contribution in [1.29, 1.82) is 0 Å². The van der Waals surface area contributed by atoms with Crippen LogP contribution in [-0.2, 0) is 4.79 Å². The molecule has 1 amide bonds.